The van der Waals surface area contributed by atoms with Gasteiger partial charge in [0.05, 0.1) is 26.4 Å². The predicted octanol–water partition coefficient (Wildman–Crippen LogP) is 25.3. The fourth-order valence-electron chi connectivity index (χ4n) is 13.0. The lowest BCUT2D eigenvalue weighted by molar-refractivity contribution is -0.161. The maximum absolute atomic E-state index is 13.1. The predicted molar refractivity (Wildman–Crippen MR) is 423 cm³/mol. The Balaban J connectivity index is 5.26. The maximum Gasteiger partial charge on any atom is 0.472 e. The molecule has 0 aliphatic heterocycles. The van der Waals surface area contributed by atoms with Crippen molar-refractivity contribution in [3.05, 3.63) is 0 Å². The monoisotopic (exact) mass is 1510 g/mol. The van der Waals surface area contributed by atoms with Gasteiger partial charge in [-0.3, -0.25) is 37.3 Å². The van der Waals surface area contributed by atoms with E-state index in [1.54, 1.807) is 0 Å². The molecule has 17 nitrogen and oxygen atoms in total. The highest BCUT2D eigenvalue weighted by Gasteiger charge is 2.30. The van der Waals surface area contributed by atoms with Gasteiger partial charge in [0, 0.05) is 25.7 Å². The zero-order chi connectivity index (χ0) is 75.8. The summed E-state index contributed by atoms with van der Waals surface area (Å²) in [5, 5.41) is 10.7. The highest BCUT2D eigenvalue weighted by molar-refractivity contribution is 7.47. The van der Waals surface area contributed by atoms with Crippen LogP contribution in [0.4, 0.5) is 0 Å². The first-order valence-corrected chi connectivity index (χ1v) is 46.4. The number of unbranched alkanes of at least 4 members (excludes halogenated alkanes) is 49. The van der Waals surface area contributed by atoms with E-state index in [-0.39, 0.29) is 25.7 Å². The van der Waals surface area contributed by atoms with Gasteiger partial charge >= 0.3 is 39.5 Å². The molecule has 0 bridgehead atoms. The Bertz CT molecular complexity index is 1990. The molecule has 0 fully saturated rings. The lowest BCUT2D eigenvalue weighted by Crippen LogP contribution is -2.30. The van der Waals surface area contributed by atoms with E-state index in [1.807, 2.05) is 0 Å². The van der Waals surface area contributed by atoms with Crippen molar-refractivity contribution in [3.63, 3.8) is 0 Å². The Labute approximate surface area is 632 Å². The van der Waals surface area contributed by atoms with Crippen LogP contribution < -0.4 is 0 Å². The minimum absolute atomic E-state index is 0.106. The Morgan fingerprint density at radius 3 is 0.738 bits per heavy atom. The Kier molecular flexibility index (Phi) is 72.8. The van der Waals surface area contributed by atoms with Crippen LogP contribution in [-0.4, -0.2) is 96.7 Å². The molecule has 0 amide bonds. The molecule has 0 radical (unpaired) electrons. The van der Waals surface area contributed by atoms with E-state index in [0.717, 1.165) is 108 Å². The van der Waals surface area contributed by atoms with E-state index < -0.39 is 97.5 Å². The van der Waals surface area contributed by atoms with Crippen LogP contribution in [0.25, 0.3) is 0 Å². The van der Waals surface area contributed by atoms with Crippen LogP contribution in [-0.2, 0) is 65.4 Å². The SMILES string of the molecule is CCCCCCCCCCCCCCCC(=O)OC[C@H](COP(=O)(O)OC[C@H](O)COP(=O)(O)OC[C@@H](COC(=O)CCCCCCCCCCCCCCCCC(C)CC)OC(=O)CCCCCCCCCCCCCCCCCCC(C)C)OC(=O)CCCCCCCCCCCCC(C)C. The van der Waals surface area contributed by atoms with Gasteiger partial charge in [-0.25, -0.2) is 9.13 Å². The molecule has 0 spiro atoms. The molecule has 0 aromatic carbocycles. The molecule has 103 heavy (non-hydrogen) atoms. The highest BCUT2D eigenvalue weighted by atomic mass is 31.2. The summed E-state index contributed by atoms with van der Waals surface area (Å²) < 4.78 is 68.9. The Morgan fingerprint density at radius 2 is 0.495 bits per heavy atom. The fraction of sp³-hybridized carbons (Fsp3) is 0.952. The van der Waals surface area contributed by atoms with E-state index in [4.69, 9.17) is 37.0 Å². The maximum atomic E-state index is 13.1. The molecule has 0 heterocycles. The summed E-state index contributed by atoms with van der Waals surface area (Å²) >= 11 is 0. The van der Waals surface area contributed by atoms with Crippen LogP contribution in [0.2, 0.25) is 0 Å². The summed E-state index contributed by atoms with van der Waals surface area (Å²) in [7, 11) is -9.93. The van der Waals surface area contributed by atoms with E-state index in [9.17, 15) is 43.2 Å². The molecule has 0 aromatic rings. The van der Waals surface area contributed by atoms with Crippen molar-refractivity contribution in [1.29, 1.82) is 0 Å². The number of hydrogen-bond donors (Lipinski definition) is 3. The van der Waals surface area contributed by atoms with Crippen LogP contribution in [0.5, 0.6) is 0 Å². The first-order chi connectivity index (χ1) is 49.8. The average molecular weight is 1510 g/mol. The van der Waals surface area contributed by atoms with Crippen molar-refractivity contribution >= 4 is 39.5 Å². The van der Waals surface area contributed by atoms with Crippen molar-refractivity contribution in [2.24, 2.45) is 17.8 Å². The third-order valence-corrected chi connectivity index (χ3v) is 21.9. The molecule has 0 aromatic heterocycles. The number of aliphatic hydroxyl groups is 1. The topological polar surface area (TPSA) is 237 Å². The van der Waals surface area contributed by atoms with Gasteiger partial charge in [0.1, 0.15) is 19.3 Å². The van der Waals surface area contributed by atoms with Gasteiger partial charge in [0.25, 0.3) is 0 Å². The summed E-state index contributed by atoms with van der Waals surface area (Å²) in [5.74, 6) is 0.306. The standard InChI is InChI=1S/C84H164O17P2/c1-8-10-11-12-13-14-15-22-29-37-44-51-58-65-81(86)94-72-80(101-84(89)68-61-54-47-40-33-32-35-42-49-56-63-76(5)6)74-99-103(92,93)97-70-78(85)69-96-102(90,91)98-73-79(71-95-82(87)66-59-52-45-38-30-25-21-20-24-28-36-43-50-57-64-77(7)9-2)100-83(88)67-60-53-46-39-31-26-19-17-16-18-23-27-34-41-48-55-62-75(3)4/h75-80,85H,8-74H2,1-7H3,(H,90,91)(H,92,93)/t77?,78-,79-,80-/m1/s1. The normalized spacial score (nSPS) is 14.2. The first-order valence-electron chi connectivity index (χ1n) is 43.4. The van der Waals surface area contributed by atoms with Crippen LogP contribution in [0.3, 0.4) is 0 Å². The summed E-state index contributed by atoms with van der Waals surface area (Å²) in [6.07, 6.45) is 63.7. The highest BCUT2D eigenvalue weighted by Crippen LogP contribution is 2.45. The largest absolute Gasteiger partial charge is 0.472 e. The molecule has 3 unspecified atom stereocenters. The zero-order valence-electron chi connectivity index (χ0n) is 67.8. The molecule has 0 aliphatic rings. The summed E-state index contributed by atoms with van der Waals surface area (Å²) in [5.41, 5.74) is 0. The second kappa shape index (κ2) is 74.2. The van der Waals surface area contributed by atoms with Gasteiger partial charge < -0.3 is 33.8 Å². The molecule has 19 heteroatoms. The van der Waals surface area contributed by atoms with Gasteiger partial charge in [-0.1, -0.05) is 389 Å². The average Bonchev–Trinajstić information content (AvgIpc) is 0.911. The minimum Gasteiger partial charge on any atom is -0.462 e. The number of phosphoric ester groups is 2. The number of rotatable bonds is 82. The molecular formula is C84H164O17P2. The third-order valence-electron chi connectivity index (χ3n) is 20.0. The number of hydrogen-bond acceptors (Lipinski definition) is 15. The molecule has 0 aliphatic carbocycles. The number of carbonyl (C=O) groups excluding carboxylic acids is 4. The lowest BCUT2D eigenvalue weighted by atomic mass is 9.99. The van der Waals surface area contributed by atoms with Crippen molar-refractivity contribution in [2.45, 2.75) is 458 Å². The van der Waals surface area contributed by atoms with Gasteiger partial charge in [-0.15, -0.1) is 0 Å². The minimum atomic E-state index is -4.97. The van der Waals surface area contributed by atoms with Crippen LogP contribution >= 0.6 is 15.6 Å². The van der Waals surface area contributed by atoms with Crippen molar-refractivity contribution in [3.8, 4) is 0 Å². The Morgan fingerprint density at radius 1 is 0.282 bits per heavy atom. The number of esters is 4. The number of aliphatic hydroxyl groups excluding tert-OH is 1. The molecule has 3 N–H and O–H groups in total. The van der Waals surface area contributed by atoms with E-state index in [0.29, 0.717) is 25.7 Å². The number of phosphoric acid groups is 2. The molecule has 6 atom stereocenters. The molecule has 0 saturated heterocycles. The van der Waals surface area contributed by atoms with Crippen LogP contribution in [0.15, 0.2) is 0 Å². The van der Waals surface area contributed by atoms with E-state index in [2.05, 4.69) is 48.5 Å². The van der Waals surface area contributed by atoms with E-state index >= 15 is 0 Å². The second-order valence-corrected chi connectivity index (χ2v) is 34.3. The smallest absolute Gasteiger partial charge is 0.462 e. The lowest BCUT2D eigenvalue weighted by Gasteiger charge is -2.21. The summed E-state index contributed by atoms with van der Waals surface area (Å²) in [4.78, 5) is 73.2. The number of ether oxygens (including phenoxy) is 4. The van der Waals surface area contributed by atoms with Gasteiger partial charge in [0.2, 0.25) is 0 Å². The van der Waals surface area contributed by atoms with Crippen LogP contribution in [0, 0.1) is 17.8 Å². The third kappa shape index (κ3) is 76.6. The number of carbonyl (C=O) groups is 4. The molecular weight excluding hydrogens is 1340 g/mol. The van der Waals surface area contributed by atoms with Gasteiger partial charge in [0.15, 0.2) is 12.2 Å². The first kappa shape index (κ1) is 101. The Hall–Kier alpha value is -1.94. The van der Waals surface area contributed by atoms with E-state index in [1.165, 1.54) is 250 Å². The van der Waals surface area contributed by atoms with Crippen molar-refractivity contribution in [1.82, 2.24) is 0 Å². The zero-order valence-corrected chi connectivity index (χ0v) is 69.6. The molecule has 0 rings (SSSR count). The summed E-state index contributed by atoms with van der Waals surface area (Å²) in [6.45, 7) is 12.0. The molecule has 612 valence electrons. The van der Waals surface area contributed by atoms with Crippen molar-refractivity contribution in [2.75, 3.05) is 39.6 Å². The van der Waals surface area contributed by atoms with Gasteiger partial charge in [-0.2, -0.15) is 0 Å². The van der Waals surface area contributed by atoms with Crippen LogP contribution in [0.1, 0.15) is 440 Å². The fourth-order valence-corrected chi connectivity index (χ4v) is 14.6. The summed E-state index contributed by atoms with van der Waals surface area (Å²) in [6, 6.07) is 0. The van der Waals surface area contributed by atoms with Crippen molar-refractivity contribution < 1.29 is 80.2 Å². The molecule has 0 saturated carbocycles. The quantitative estimate of drug-likeness (QED) is 0.0222. The van der Waals surface area contributed by atoms with Gasteiger partial charge in [-0.05, 0) is 43.4 Å². The second-order valence-electron chi connectivity index (χ2n) is 31.4.